The van der Waals surface area contributed by atoms with Gasteiger partial charge in [-0.3, -0.25) is 14.5 Å². The largest absolute Gasteiger partial charge is 0.381 e. The van der Waals surface area contributed by atoms with E-state index in [1.807, 2.05) is 0 Å². The summed E-state index contributed by atoms with van der Waals surface area (Å²) in [5.74, 6) is 0.604. The number of carbonyl (C=O) groups excluding carboxylic acids is 2. The van der Waals surface area contributed by atoms with Crippen molar-refractivity contribution in [3.8, 4) is 0 Å². The quantitative estimate of drug-likeness (QED) is 0.844. The molecule has 130 valence electrons. The minimum absolute atomic E-state index is 0.169. The molecule has 2 unspecified atom stereocenters. The molecule has 1 aromatic rings. The maximum Gasteiger partial charge on any atom is 0.261 e. The lowest BCUT2D eigenvalue weighted by atomic mass is 10.1. The van der Waals surface area contributed by atoms with E-state index in [0.29, 0.717) is 30.2 Å². The standard InChI is InChI=1S/C13H13NO3.C5H11NO/c15-12-10-3-1-2-4-11(10)13(16)14(12)7-9-5-6-17-8-9;6-3-5-1-2-7-4-5/h1-4,9H,5-8H2;5H,1-4,6H2. The normalized spacial score (nSPS) is 25.6. The minimum Gasteiger partial charge on any atom is -0.381 e. The molecule has 0 aliphatic carbocycles. The van der Waals surface area contributed by atoms with Gasteiger partial charge >= 0.3 is 0 Å². The van der Waals surface area contributed by atoms with E-state index < -0.39 is 0 Å². The van der Waals surface area contributed by atoms with E-state index in [2.05, 4.69) is 0 Å². The predicted molar refractivity (Wildman–Crippen MR) is 88.7 cm³/mol. The van der Waals surface area contributed by atoms with Gasteiger partial charge in [0.15, 0.2) is 0 Å². The molecule has 3 aliphatic heterocycles. The smallest absolute Gasteiger partial charge is 0.261 e. The molecule has 4 rings (SSSR count). The molecule has 0 radical (unpaired) electrons. The third-order valence-corrected chi connectivity index (χ3v) is 4.70. The third kappa shape index (κ3) is 3.66. The van der Waals surface area contributed by atoms with Crippen molar-refractivity contribution < 1.29 is 19.1 Å². The van der Waals surface area contributed by atoms with Gasteiger partial charge in [-0.2, -0.15) is 0 Å². The summed E-state index contributed by atoms with van der Waals surface area (Å²) in [5.41, 5.74) is 6.40. The lowest BCUT2D eigenvalue weighted by Crippen LogP contribution is -2.34. The monoisotopic (exact) mass is 332 g/mol. The summed E-state index contributed by atoms with van der Waals surface area (Å²) in [6, 6.07) is 6.99. The zero-order chi connectivity index (χ0) is 16.9. The lowest BCUT2D eigenvalue weighted by Gasteiger charge is -2.17. The first kappa shape index (κ1) is 17.1. The molecule has 6 nitrogen and oxygen atoms in total. The number of carbonyl (C=O) groups is 2. The van der Waals surface area contributed by atoms with E-state index in [9.17, 15) is 9.59 Å². The van der Waals surface area contributed by atoms with Gasteiger partial charge in [0, 0.05) is 25.7 Å². The van der Waals surface area contributed by atoms with E-state index >= 15 is 0 Å². The van der Waals surface area contributed by atoms with Gasteiger partial charge in [-0.1, -0.05) is 12.1 Å². The van der Waals surface area contributed by atoms with Gasteiger partial charge < -0.3 is 15.2 Å². The Balaban J connectivity index is 0.000000203. The minimum atomic E-state index is -0.169. The van der Waals surface area contributed by atoms with Crippen molar-refractivity contribution in [1.82, 2.24) is 4.90 Å². The fourth-order valence-corrected chi connectivity index (χ4v) is 3.16. The van der Waals surface area contributed by atoms with Crippen LogP contribution in [0.1, 0.15) is 33.6 Å². The van der Waals surface area contributed by atoms with Crippen LogP contribution in [0.5, 0.6) is 0 Å². The summed E-state index contributed by atoms with van der Waals surface area (Å²) in [4.78, 5) is 25.5. The summed E-state index contributed by atoms with van der Waals surface area (Å²) in [5, 5.41) is 0. The topological polar surface area (TPSA) is 81.9 Å². The maximum absolute atomic E-state index is 12.1. The summed E-state index contributed by atoms with van der Waals surface area (Å²) in [6.07, 6.45) is 2.09. The lowest BCUT2D eigenvalue weighted by molar-refractivity contribution is 0.0623. The second-order valence-electron chi connectivity index (χ2n) is 6.46. The summed E-state index contributed by atoms with van der Waals surface area (Å²) < 4.78 is 10.3. The van der Waals surface area contributed by atoms with Crippen LogP contribution in [-0.4, -0.2) is 56.2 Å². The number of hydrogen-bond donors (Lipinski definition) is 1. The number of nitrogens with two attached hydrogens (primary N) is 1. The van der Waals surface area contributed by atoms with Crippen molar-refractivity contribution in [3.05, 3.63) is 35.4 Å². The molecule has 0 saturated carbocycles. The van der Waals surface area contributed by atoms with Crippen LogP contribution in [0.15, 0.2) is 24.3 Å². The first-order chi connectivity index (χ1) is 11.7. The van der Waals surface area contributed by atoms with E-state index in [1.165, 1.54) is 4.90 Å². The van der Waals surface area contributed by atoms with Crippen LogP contribution in [0.4, 0.5) is 0 Å². The van der Waals surface area contributed by atoms with Crippen LogP contribution in [0.25, 0.3) is 0 Å². The number of ether oxygens (including phenoxy) is 2. The molecule has 2 amide bonds. The average molecular weight is 332 g/mol. The Morgan fingerprint density at radius 3 is 1.92 bits per heavy atom. The van der Waals surface area contributed by atoms with E-state index in [-0.39, 0.29) is 17.7 Å². The number of amides is 2. The molecule has 24 heavy (non-hydrogen) atoms. The highest BCUT2D eigenvalue weighted by molar-refractivity contribution is 6.21. The fourth-order valence-electron chi connectivity index (χ4n) is 3.16. The molecule has 0 aromatic heterocycles. The van der Waals surface area contributed by atoms with E-state index in [0.717, 1.165) is 39.2 Å². The molecule has 2 atom stereocenters. The second-order valence-corrected chi connectivity index (χ2v) is 6.46. The molecule has 1 aromatic carbocycles. The Hall–Kier alpha value is -1.76. The number of nitrogens with zero attached hydrogens (tertiary/aromatic N) is 1. The zero-order valence-electron chi connectivity index (χ0n) is 13.8. The molecular formula is C18H24N2O4. The fraction of sp³-hybridized carbons (Fsp3) is 0.556. The van der Waals surface area contributed by atoms with Gasteiger partial charge in [0.2, 0.25) is 0 Å². The molecule has 2 N–H and O–H groups in total. The Bertz CT molecular complexity index is 557. The van der Waals surface area contributed by atoms with Gasteiger partial charge in [0.1, 0.15) is 0 Å². The number of hydrogen-bond acceptors (Lipinski definition) is 5. The van der Waals surface area contributed by atoms with Crippen LogP contribution < -0.4 is 5.73 Å². The molecule has 0 bridgehead atoms. The van der Waals surface area contributed by atoms with Gasteiger partial charge in [-0.25, -0.2) is 0 Å². The van der Waals surface area contributed by atoms with Crippen molar-refractivity contribution in [2.24, 2.45) is 17.6 Å². The van der Waals surface area contributed by atoms with Crippen LogP contribution in [0.3, 0.4) is 0 Å². The molecule has 0 spiro atoms. The van der Waals surface area contributed by atoms with Gasteiger partial charge in [0.05, 0.1) is 24.3 Å². The molecule has 2 fully saturated rings. The van der Waals surface area contributed by atoms with Crippen LogP contribution in [0.2, 0.25) is 0 Å². The molecule has 3 aliphatic rings. The Kier molecular flexibility index (Phi) is 5.60. The van der Waals surface area contributed by atoms with Crippen LogP contribution >= 0.6 is 0 Å². The van der Waals surface area contributed by atoms with Crippen molar-refractivity contribution in [1.29, 1.82) is 0 Å². The Morgan fingerprint density at radius 1 is 0.958 bits per heavy atom. The summed E-state index contributed by atoms with van der Waals surface area (Å²) in [6.45, 7) is 4.45. The molecule has 3 heterocycles. The predicted octanol–water partition coefficient (Wildman–Crippen LogP) is 1.30. The van der Waals surface area contributed by atoms with Gasteiger partial charge in [-0.15, -0.1) is 0 Å². The van der Waals surface area contributed by atoms with Crippen molar-refractivity contribution >= 4 is 11.8 Å². The molecule has 2 saturated heterocycles. The summed E-state index contributed by atoms with van der Waals surface area (Å²) in [7, 11) is 0. The first-order valence-electron chi connectivity index (χ1n) is 8.51. The van der Waals surface area contributed by atoms with Gasteiger partial charge in [0.25, 0.3) is 11.8 Å². The van der Waals surface area contributed by atoms with E-state index in [1.54, 1.807) is 24.3 Å². The van der Waals surface area contributed by atoms with Crippen molar-refractivity contribution in [2.45, 2.75) is 12.8 Å². The van der Waals surface area contributed by atoms with Crippen molar-refractivity contribution in [2.75, 3.05) is 39.5 Å². The van der Waals surface area contributed by atoms with E-state index in [4.69, 9.17) is 15.2 Å². The Labute approximate surface area is 141 Å². The number of benzene rings is 1. The number of imide groups is 1. The summed E-state index contributed by atoms with van der Waals surface area (Å²) >= 11 is 0. The average Bonchev–Trinajstić information content (AvgIpc) is 3.35. The second kappa shape index (κ2) is 7.88. The number of fused-ring (bicyclic) bond motifs is 1. The molecular weight excluding hydrogens is 308 g/mol. The highest BCUT2D eigenvalue weighted by atomic mass is 16.5. The Morgan fingerprint density at radius 2 is 1.50 bits per heavy atom. The third-order valence-electron chi connectivity index (χ3n) is 4.70. The molecule has 6 heteroatoms. The zero-order valence-corrected chi connectivity index (χ0v) is 13.8. The highest BCUT2D eigenvalue weighted by Gasteiger charge is 2.36. The van der Waals surface area contributed by atoms with Crippen molar-refractivity contribution in [3.63, 3.8) is 0 Å². The SMILES string of the molecule is NCC1CCOC1.O=C1c2ccccc2C(=O)N1CC1CCOC1. The van der Waals surface area contributed by atoms with Crippen LogP contribution in [-0.2, 0) is 9.47 Å². The highest BCUT2D eigenvalue weighted by Crippen LogP contribution is 2.25. The maximum atomic E-state index is 12.1. The van der Waals surface area contributed by atoms with Crippen LogP contribution in [0, 0.1) is 11.8 Å². The number of rotatable bonds is 3. The first-order valence-corrected chi connectivity index (χ1v) is 8.51. The van der Waals surface area contributed by atoms with Gasteiger partial charge in [-0.05, 0) is 37.4 Å².